The Morgan fingerprint density at radius 1 is 1.29 bits per heavy atom. The highest BCUT2D eigenvalue weighted by Crippen LogP contribution is 2.30. The molecule has 0 aromatic heterocycles. The Morgan fingerprint density at radius 2 is 1.96 bits per heavy atom. The van der Waals surface area contributed by atoms with Crippen LogP contribution in [0.5, 0.6) is 0 Å². The Kier molecular flexibility index (Phi) is 4.90. The molecule has 130 valence electrons. The smallest absolute Gasteiger partial charge is 0.225 e. The molecule has 5 nitrogen and oxygen atoms in total. The van der Waals surface area contributed by atoms with Gasteiger partial charge in [0.05, 0.1) is 18.1 Å². The molecule has 0 bridgehead atoms. The Hall–Kier alpha value is -1.88. The fraction of sp³-hybridized carbons (Fsp3) is 0.579. The van der Waals surface area contributed by atoms with Gasteiger partial charge in [0, 0.05) is 19.5 Å². The van der Waals surface area contributed by atoms with Gasteiger partial charge in [-0.05, 0) is 25.3 Å². The standard InChI is InChI=1S/C19H26N2O3/c1-14-4-6-15(7-5-14)11-21-12-16(10-17(21)23)18(24)20-19(13-22)8-2-3-9-19/h4-7,16,22H,2-3,8-13H2,1H3,(H,20,24). The van der Waals surface area contributed by atoms with Gasteiger partial charge in [-0.1, -0.05) is 42.7 Å². The van der Waals surface area contributed by atoms with Crippen LogP contribution in [-0.2, 0) is 16.1 Å². The third-order valence-electron chi connectivity index (χ3n) is 5.33. The molecule has 1 unspecified atom stereocenters. The Bertz CT molecular complexity index is 606. The predicted octanol–water partition coefficient (Wildman–Crippen LogP) is 1.76. The van der Waals surface area contributed by atoms with Gasteiger partial charge in [-0.3, -0.25) is 9.59 Å². The minimum absolute atomic E-state index is 0.0213. The van der Waals surface area contributed by atoms with Crippen molar-refractivity contribution in [3.05, 3.63) is 35.4 Å². The van der Waals surface area contributed by atoms with Gasteiger partial charge < -0.3 is 15.3 Å². The highest BCUT2D eigenvalue weighted by atomic mass is 16.3. The molecule has 1 aromatic rings. The average molecular weight is 330 g/mol. The molecule has 3 rings (SSSR count). The summed E-state index contributed by atoms with van der Waals surface area (Å²) in [5, 5.41) is 12.7. The Balaban J connectivity index is 1.59. The molecular formula is C19H26N2O3. The number of aliphatic hydroxyl groups excluding tert-OH is 1. The quantitative estimate of drug-likeness (QED) is 0.864. The van der Waals surface area contributed by atoms with E-state index in [0.717, 1.165) is 31.2 Å². The number of hydrogen-bond acceptors (Lipinski definition) is 3. The first-order valence-corrected chi connectivity index (χ1v) is 8.77. The maximum Gasteiger partial charge on any atom is 0.225 e. The largest absolute Gasteiger partial charge is 0.394 e. The second kappa shape index (κ2) is 6.93. The molecule has 2 N–H and O–H groups in total. The molecule has 1 heterocycles. The van der Waals surface area contributed by atoms with Crippen LogP contribution in [0.4, 0.5) is 0 Å². The molecule has 24 heavy (non-hydrogen) atoms. The molecule has 0 spiro atoms. The summed E-state index contributed by atoms with van der Waals surface area (Å²) in [6.07, 6.45) is 3.97. The van der Waals surface area contributed by atoms with Crippen molar-refractivity contribution >= 4 is 11.8 Å². The maximum absolute atomic E-state index is 12.6. The Morgan fingerprint density at radius 3 is 2.58 bits per heavy atom. The highest BCUT2D eigenvalue weighted by molar-refractivity contribution is 5.89. The second-order valence-corrected chi connectivity index (χ2v) is 7.30. The molecule has 1 aromatic carbocycles. The van der Waals surface area contributed by atoms with Crippen LogP contribution in [0.3, 0.4) is 0 Å². The third-order valence-corrected chi connectivity index (χ3v) is 5.33. The fourth-order valence-electron chi connectivity index (χ4n) is 3.75. The van der Waals surface area contributed by atoms with Gasteiger partial charge in [0.25, 0.3) is 0 Å². The average Bonchev–Trinajstić information content (AvgIpc) is 3.18. The summed E-state index contributed by atoms with van der Waals surface area (Å²) in [4.78, 5) is 26.6. The molecule has 1 aliphatic carbocycles. The van der Waals surface area contributed by atoms with Gasteiger partial charge in [0.2, 0.25) is 11.8 Å². The molecule has 2 fully saturated rings. The molecule has 1 aliphatic heterocycles. The number of nitrogens with zero attached hydrogens (tertiary/aromatic N) is 1. The summed E-state index contributed by atoms with van der Waals surface area (Å²) in [6.45, 7) is 3.02. The minimum atomic E-state index is -0.468. The van der Waals surface area contributed by atoms with E-state index in [0.29, 0.717) is 13.1 Å². The fourth-order valence-corrected chi connectivity index (χ4v) is 3.75. The number of amides is 2. The van der Waals surface area contributed by atoms with E-state index in [2.05, 4.69) is 5.32 Å². The first-order valence-electron chi connectivity index (χ1n) is 8.77. The molecule has 0 radical (unpaired) electrons. The van der Waals surface area contributed by atoms with Crippen LogP contribution in [0, 0.1) is 12.8 Å². The van der Waals surface area contributed by atoms with Crippen LogP contribution in [0.1, 0.15) is 43.2 Å². The SMILES string of the molecule is Cc1ccc(CN2CC(C(=O)NC3(CO)CCCC3)CC2=O)cc1. The molecule has 5 heteroatoms. The lowest BCUT2D eigenvalue weighted by atomic mass is 9.97. The highest BCUT2D eigenvalue weighted by Gasteiger charge is 2.40. The molecule has 1 atom stereocenters. The van der Waals surface area contributed by atoms with E-state index in [1.807, 2.05) is 31.2 Å². The van der Waals surface area contributed by atoms with E-state index in [4.69, 9.17) is 0 Å². The van der Waals surface area contributed by atoms with Crippen LogP contribution in [0.15, 0.2) is 24.3 Å². The van der Waals surface area contributed by atoms with Gasteiger partial charge in [0.1, 0.15) is 0 Å². The number of aryl methyl sites for hydroxylation is 1. The van der Waals surface area contributed by atoms with E-state index in [1.54, 1.807) is 4.90 Å². The van der Waals surface area contributed by atoms with Crippen molar-refractivity contribution in [1.29, 1.82) is 0 Å². The van der Waals surface area contributed by atoms with E-state index in [9.17, 15) is 14.7 Å². The summed E-state index contributed by atoms with van der Waals surface area (Å²) >= 11 is 0. The van der Waals surface area contributed by atoms with Gasteiger partial charge >= 0.3 is 0 Å². The van der Waals surface area contributed by atoms with Crippen molar-refractivity contribution in [3.8, 4) is 0 Å². The molecular weight excluding hydrogens is 304 g/mol. The first kappa shape index (κ1) is 17.0. The van der Waals surface area contributed by atoms with Crippen LogP contribution in [0.2, 0.25) is 0 Å². The monoisotopic (exact) mass is 330 g/mol. The van der Waals surface area contributed by atoms with Crippen LogP contribution in [-0.4, -0.2) is 40.5 Å². The number of rotatable bonds is 5. The van der Waals surface area contributed by atoms with Crippen LogP contribution >= 0.6 is 0 Å². The molecule has 1 saturated carbocycles. The van der Waals surface area contributed by atoms with Crippen molar-refractivity contribution in [1.82, 2.24) is 10.2 Å². The zero-order valence-corrected chi connectivity index (χ0v) is 14.3. The summed E-state index contributed by atoms with van der Waals surface area (Å²) < 4.78 is 0. The van der Waals surface area contributed by atoms with E-state index < -0.39 is 5.54 Å². The van der Waals surface area contributed by atoms with E-state index in [-0.39, 0.29) is 30.8 Å². The lowest BCUT2D eigenvalue weighted by Crippen LogP contribution is -2.51. The van der Waals surface area contributed by atoms with Gasteiger partial charge in [-0.2, -0.15) is 0 Å². The first-order chi connectivity index (χ1) is 11.5. The zero-order chi connectivity index (χ0) is 17.2. The number of aliphatic hydroxyl groups is 1. The normalized spacial score (nSPS) is 22.8. The minimum Gasteiger partial charge on any atom is -0.394 e. The summed E-state index contributed by atoms with van der Waals surface area (Å²) in [6, 6.07) is 8.11. The molecule has 2 amide bonds. The number of hydrogen-bond donors (Lipinski definition) is 2. The van der Waals surface area contributed by atoms with Crippen molar-refractivity contribution in [2.24, 2.45) is 5.92 Å². The number of nitrogens with one attached hydrogen (secondary N) is 1. The van der Waals surface area contributed by atoms with Crippen molar-refractivity contribution in [2.75, 3.05) is 13.2 Å². The van der Waals surface area contributed by atoms with Crippen molar-refractivity contribution in [3.63, 3.8) is 0 Å². The maximum atomic E-state index is 12.6. The lowest BCUT2D eigenvalue weighted by molar-refractivity contribution is -0.130. The van der Waals surface area contributed by atoms with Crippen LogP contribution in [0.25, 0.3) is 0 Å². The number of carbonyl (C=O) groups excluding carboxylic acids is 2. The second-order valence-electron chi connectivity index (χ2n) is 7.30. The number of likely N-dealkylation sites (tertiary alicyclic amines) is 1. The molecule has 1 saturated heterocycles. The Labute approximate surface area is 143 Å². The van der Waals surface area contributed by atoms with Crippen molar-refractivity contribution in [2.45, 2.75) is 51.1 Å². The summed E-state index contributed by atoms with van der Waals surface area (Å²) in [5.41, 5.74) is 1.80. The van der Waals surface area contributed by atoms with Crippen LogP contribution < -0.4 is 5.32 Å². The topological polar surface area (TPSA) is 69.6 Å². The summed E-state index contributed by atoms with van der Waals surface area (Å²) in [5.74, 6) is -0.377. The van der Waals surface area contributed by atoms with Gasteiger partial charge in [-0.25, -0.2) is 0 Å². The van der Waals surface area contributed by atoms with Crippen molar-refractivity contribution < 1.29 is 14.7 Å². The van der Waals surface area contributed by atoms with E-state index in [1.165, 1.54) is 5.56 Å². The number of carbonyl (C=O) groups is 2. The van der Waals surface area contributed by atoms with Gasteiger partial charge in [-0.15, -0.1) is 0 Å². The van der Waals surface area contributed by atoms with E-state index >= 15 is 0 Å². The zero-order valence-electron chi connectivity index (χ0n) is 14.3. The predicted molar refractivity (Wildman–Crippen MR) is 91.1 cm³/mol. The van der Waals surface area contributed by atoms with Gasteiger partial charge in [0.15, 0.2) is 0 Å². The number of benzene rings is 1. The molecule has 2 aliphatic rings. The summed E-state index contributed by atoms with van der Waals surface area (Å²) in [7, 11) is 0. The lowest BCUT2D eigenvalue weighted by Gasteiger charge is -2.29. The third kappa shape index (κ3) is 3.61.